The highest BCUT2D eigenvalue weighted by atomic mass is 32.1. The van der Waals surface area contributed by atoms with Gasteiger partial charge in [0.1, 0.15) is 11.9 Å². The van der Waals surface area contributed by atoms with Crippen molar-refractivity contribution in [2.24, 2.45) is 0 Å². The molecule has 2 aromatic carbocycles. The lowest BCUT2D eigenvalue weighted by Gasteiger charge is -2.20. The molecule has 0 spiro atoms. The Morgan fingerprint density at radius 1 is 1.24 bits per heavy atom. The van der Waals surface area contributed by atoms with E-state index in [0.717, 1.165) is 50.4 Å². The molecule has 0 radical (unpaired) electrons. The van der Waals surface area contributed by atoms with Gasteiger partial charge in [0.25, 0.3) is 5.91 Å². The van der Waals surface area contributed by atoms with E-state index in [1.165, 1.54) is 4.88 Å². The zero-order valence-electron chi connectivity index (χ0n) is 18.5. The average molecular weight is 460 g/mol. The second-order valence-corrected chi connectivity index (χ2v) is 9.58. The summed E-state index contributed by atoms with van der Waals surface area (Å²) >= 11 is 1.55. The van der Waals surface area contributed by atoms with Crippen molar-refractivity contribution in [2.45, 2.75) is 25.5 Å². The van der Waals surface area contributed by atoms with Gasteiger partial charge in [0.15, 0.2) is 5.13 Å². The van der Waals surface area contributed by atoms with E-state index in [2.05, 4.69) is 33.2 Å². The topological polar surface area (TPSA) is 81.5 Å². The van der Waals surface area contributed by atoms with Crippen molar-refractivity contribution in [3.8, 4) is 11.8 Å². The molecule has 1 atom stereocenters. The number of benzene rings is 2. The van der Waals surface area contributed by atoms with E-state index in [9.17, 15) is 4.79 Å². The van der Waals surface area contributed by atoms with Crippen LogP contribution in [-0.2, 0) is 13.0 Å². The van der Waals surface area contributed by atoms with Crippen molar-refractivity contribution < 1.29 is 9.53 Å². The molecule has 1 unspecified atom stereocenters. The van der Waals surface area contributed by atoms with Crippen LogP contribution in [0.2, 0.25) is 0 Å². The lowest BCUT2D eigenvalue weighted by atomic mass is 10.2. The van der Waals surface area contributed by atoms with Crippen molar-refractivity contribution >= 4 is 28.1 Å². The third-order valence-electron chi connectivity index (χ3n) is 6.05. The number of nitriles is 1. The number of aromatic nitrogens is 1. The average Bonchev–Trinajstić information content (AvgIpc) is 3.45. The molecule has 1 amide bonds. The quantitative estimate of drug-likeness (QED) is 0.623. The fourth-order valence-corrected chi connectivity index (χ4v) is 5.34. The zero-order chi connectivity index (χ0) is 22.8. The van der Waals surface area contributed by atoms with Crippen molar-refractivity contribution in [3.63, 3.8) is 0 Å². The molecule has 1 N–H and O–H groups in total. The second-order valence-electron chi connectivity index (χ2n) is 8.49. The van der Waals surface area contributed by atoms with Gasteiger partial charge in [-0.3, -0.25) is 10.1 Å². The van der Waals surface area contributed by atoms with Crippen molar-refractivity contribution in [1.82, 2.24) is 9.88 Å². The summed E-state index contributed by atoms with van der Waals surface area (Å²) in [7, 11) is 2.10. The normalized spacial score (nSPS) is 17.9. The van der Waals surface area contributed by atoms with Gasteiger partial charge in [0, 0.05) is 48.6 Å². The number of hydrogen-bond acceptors (Lipinski definition) is 7. The van der Waals surface area contributed by atoms with E-state index in [4.69, 9.17) is 10.00 Å². The number of carbonyl (C=O) groups is 1. The summed E-state index contributed by atoms with van der Waals surface area (Å²) in [6.45, 7) is 3.53. The zero-order valence-corrected chi connectivity index (χ0v) is 19.3. The molecule has 1 saturated heterocycles. The molecule has 5 rings (SSSR count). The van der Waals surface area contributed by atoms with E-state index in [0.29, 0.717) is 22.0 Å². The van der Waals surface area contributed by atoms with Crippen LogP contribution in [0.5, 0.6) is 5.75 Å². The summed E-state index contributed by atoms with van der Waals surface area (Å²) in [6.07, 6.45) is 1.86. The maximum atomic E-state index is 12.8. The van der Waals surface area contributed by atoms with Crippen molar-refractivity contribution in [3.05, 3.63) is 70.2 Å². The third-order valence-corrected chi connectivity index (χ3v) is 7.05. The molecule has 0 bridgehead atoms. The number of nitrogens with one attached hydrogen (secondary N) is 1. The number of thiazole rings is 1. The molecule has 2 aliphatic heterocycles. The van der Waals surface area contributed by atoms with Crippen LogP contribution in [0.3, 0.4) is 0 Å². The van der Waals surface area contributed by atoms with Crippen molar-refractivity contribution in [2.75, 3.05) is 36.9 Å². The largest absolute Gasteiger partial charge is 0.488 e. The van der Waals surface area contributed by atoms with Crippen LogP contribution in [0.4, 0.5) is 10.8 Å². The highest BCUT2D eigenvalue weighted by molar-refractivity contribution is 7.15. The highest BCUT2D eigenvalue weighted by Crippen LogP contribution is 2.29. The smallest absolute Gasteiger partial charge is 0.257 e. The van der Waals surface area contributed by atoms with Crippen LogP contribution in [-0.4, -0.2) is 48.6 Å². The van der Waals surface area contributed by atoms with Crippen molar-refractivity contribution in [1.29, 1.82) is 5.26 Å². The molecule has 3 heterocycles. The predicted octanol–water partition coefficient (Wildman–Crippen LogP) is 3.91. The first-order chi connectivity index (χ1) is 16.1. The Hall–Kier alpha value is -3.41. The Bertz CT molecular complexity index is 1200. The van der Waals surface area contributed by atoms with Gasteiger partial charge in [-0.15, -0.1) is 11.3 Å². The number of ether oxygens (including phenoxy) is 1. The number of nitrogens with zero attached hydrogens (tertiary/aromatic N) is 4. The van der Waals surface area contributed by atoms with Crippen LogP contribution >= 0.6 is 11.3 Å². The molecular weight excluding hydrogens is 434 g/mol. The van der Waals surface area contributed by atoms with E-state index in [1.54, 1.807) is 23.5 Å². The molecule has 33 heavy (non-hydrogen) atoms. The molecule has 7 nitrogen and oxygen atoms in total. The summed E-state index contributed by atoms with van der Waals surface area (Å²) in [4.78, 5) is 23.2. The first-order valence-corrected chi connectivity index (χ1v) is 11.9. The molecule has 3 aromatic rings. The minimum atomic E-state index is -0.175. The number of anilines is 2. The fraction of sp³-hybridized carbons (Fsp3) is 0.320. The van der Waals surface area contributed by atoms with Gasteiger partial charge in [-0.05, 0) is 49.5 Å². The highest BCUT2D eigenvalue weighted by Gasteiger charge is 2.25. The monoisotopic (exact) mass is 459 g/mol. The minimum Gasteiger partial charge on any atom is -0.488 e. The van der Waals surface area contributed by atoms with E-state index in [-0.39, 0.29) is 12.0 Å². The number of carbonyl (C=O) groups excluding carboxylic acids is 1. The lowest BCUT2D eigenvalue weighted by Crippen LogP contribution is -2.25. The number of fused-ring (bicyclic) bond motifs is 1. The SMILES string of the molecule is CN1CCc2nc(NC(=O)c3cccc(OC4CCN(c5ccc(C#N)cc5)C4)c3)sc2C1. The summed E-state index contributed by atoms with van der Waals surface area (Å²) in [6, 6.07) is 17.1. The third kappa shape index (κ3) is 4.85. The molecular formula is C25H25N5O2S. The summed E-state index contributed by atoms with van der Waals surface area (Å²) in [5, 5.41) is 12.6. The Labute approximate surface area is 197 Å². The molecule has 2 aliphatic rings. The van der Waals surface area contributed by atoms with Gasteiger partial charge < -0.3 is 14.5 Å². The van der Waals surface area contributed by atoms with E-state index in [1.807, 2.05) is 36.4 Å². The fourth-order valence-electron chi connectivity index (χ4n) is 4.25. The number of hydrogen-bond donors (Lipinski definition) is 1. The number of rotatable bonds is 5. The standard InChI is InChI=1S/C25H25N5O2S/c1-29-11-10-22-23(16-29)33-25(27-22)28-24(31)18-3-2-4-20(13-18)32-21-9-12-30(15-21)19-7-5-17(14-26)6-8-19/h2-8,13,21H,9-12,15-16H2,1H3,(H,27,28,31). The van der Waals surface area contributed by atoms with Gasteiger partial charge >= 0.3 is 0 Å². The number of amides is 1. The van der Waals surface area contributed by atoms with Gasteiger partial charge in [-0.25, -0.2) is 4.98 Å². The molecule has 0 aliphatic carbocycles. The maximum Gasteiger partial charge on any atom is 0.257 e. The molecule has 8 heteroatoms. The van der Waals surface area contributed by atoms with Gasteiger partial charge in [-0.2, -0.15) is 5.26 Å². The van der Waals surface area contributed by atoms with Crippen LogP contribution in [0.25, 0.3) is 0 Å². The van der Waals surface area contributed by atoms with Gasteiger partial charge in [0.05, 0.1) is 23.9 Å². The minimum absolute atomic E-state index is 0.0432. The first kappa shape index (κ1) is 21.4. The Morgan fingerprint density at radius 2 is 2.09 bits per heavy atom. The first-order valence-electron chi connectivity index (χ1n) is 11.1. The summed E-state index contributed by atoms with van der Waals surface area (Å²) in [5.41, 5.74) is 3.40. The van der Waals surface area contributed by atoms with Gasteiger partial charge in [-0.1, -0.05) is 6.07 Å². The Kier molecular flexibility index (Phi) is 5.99. The van der Waals surface area contributed by atoms with E-state index >= 15 is 0 Å². The number of likely N-dealkylation sites (N-methyl/N-ethyl adjacent to an activating group) is 1. The predicted molar refractivity (Wildman–Crippen MR) is 129 cm³/mol. The molecule has 168 valence electrons. The Morgan fingerprint density at radius 3 is 2.91 bits per heavy atom. The summed E-state index contributed by atoms with van der Waals surface area (Å²) in [5.74, 6) is 0.514. The Balaban J connectivity index is 1.20. The van der Waals surface area contributed by atoms with Gasteiger partial charge in [0.2, 0.25) is 0 Å². The van der Waals surface area contributed by atoms with Crippen LogP contribution in [0.15, 0.2) is 48.5 Å². The lowest BCUT2D eigenvalue weighted by molar-refractivity contribution is 0.102. The van der Waals surface area contributed by atoms with Crippen LogP contribution in [0.1, 0.15) is 32.9 Å². The van der Waals surface area contributed by atoms with Crippen LogP contribution in [0, 0.1) is 11.3 Å². The van der Waals surface area contributed by atoms with E-state index < -0.39 is 0 Å². The molecule has 1 fully saturated rings. The molecule has 0 saturated carbocycles. The second kappa shape index (κ2) is 9.22. The maximum absolute atomic E-state index is 12.8. The van der Waals surface area contributed by atoms with Crippen LogP contribution < -0.4 is 15.0 Å². The summed E-state index contributed by atoms with van der Waals surface area (Å²) < 4.78 is 6.20. The molecule has 1 aromatic heterocycles.